The zero-order valence-corrected chi connectivity index (χ0v) is 16.4. The van der Waals surface area contributed by atoms with E-state index < -0.39 is 5.63 Å². The molecule has 0 atom stereocenters. The first-order chi connectivity index (χ1) is 14.6. The second kappa shape index (κ2) is 8.61. The van der Waals surface area contributed by atoms with Crippen LogP contribution in [0.2, 0.25) is 0 Å². The predicted molar refractivity (Wildman–Crippen MR) is 116 cm³/mol. The van der Waals surface area contributed by atoms with E-state index in [1.165, 1.54) is 0 Å². The van der Waals surface area contributed by atoms with Crippen molar-refractivity contribution in [3.8, 4) is 17.2 Å². The summed E-state index contributed by atoms with van der Waals surface area (Å²) in [6.07, 6.45) is 0.920. The highest BCUT2D eigenvalue weighted by atomic mass is 16.5. The number of hydrogen-bond donors (Lipinski definition) is 1. The van der Waals surface area contributed by atoms with Crippen molar-refractivity contribution in [2.75, 3.05) is 12.4 Å². The van der Waals surface area contributed by atoms with Crippen molar-refractivity contribution >= 4 is 22.5 Å². The quantitative estimate of drug-likeness (QED) is 0.518. The van der Waals surface area contributed by atoms with Crippen molar-refractivity contribution in [3.05, 3.63) is 88.8 Å². The molecule has 0 unspecified atom stereocenters. The van der Waals surface area contributed by atoms with Crippen molar-refractivity contribution in [2.45, 2.75) is 12.8 Å². The number of nitrogens with zero attached hydrogens (tertiary/aromatic N) is 1. The third-order valence-electron chi connectivity index (χ3n) is 4.76. The van der Waals surface area contributed by atoms with Gasteiger partial charge in [0.1, 0.15) is 5.75 Å². The van der Waals surface area contributed by atoms with E-state index in [2.05, 4.69) is 10.3 Å². The van der Waals surface area contributed by atoms with Gasteiger partial charge in [-0.25, -0.2) is 9.78 Å². The Morgan fingerprint density at radius 1 is 1.00 bits per heavy atom. The maximum atomic E-state index is 12.3. The van der Waals surface area contributed by atoms with Crippen LogP contribution in [0.15, 0.2) is 82.0 Å². The average molecular weight is 400 g/mol. The van der Waals surface area contributed by atoms with Gasteiger partial charge in [0.15, 0.2) is 0 Å². The SMILES string of the molecule is COc1ccccc1CCC(=O)Nc1ccc(-c2nc3ccccc3c(=O)o2)cc1. The van der Waals surface area contributed by atoms with Crippen molar-refractivity contribution in [2.24, 2.45) is 0 Å². The lowest BCUT2D eigenvalue weighted by atomic mass is 10.1. The smallest absolute Gasteiger partial charge is 0.347 e. The van der Waals surface area contributed by atoms with E-state index in [0.717, 1.165) is 11.3 Å². The summed E-state index contributed by atoms with van der Waals surface area (Å²) in [5.74, 6) is 0.927. The summed E-state index contributed by atoms with van der Waals surface area (Å²) in [7, 11) is 1.62. The van der Waals surface area contributed by atoms with Crippen LogP contribution >= 0.6 is 0 Å². The monoisotopic (exact) mass is 400 g/mol. The van der Waals surface area contributed by atoms with Gasteiger partial charge in [-0.1, -0.05) is 30.3 Å². The van der Waals surface area contributed by atoms with Gasteiger partial charge in [-0.3, -0.25) is 4.79 Å². The van der Waals surface area contributed by atoms with Crippen molar-refractivity contribution in [1.29, 1.82) is 0 Å². The zero-order chi connectivity index (χ0) is 20.9. The number of ether oxygens (including phenoxy) is 1. The lowest BCUT2D eigenvalue weighted by Crippen LogP contribution is -2.12. The second-order valence-corrected chi connectivity index (χ2v) is 6.76. The van der Waals surface area contributed by atoms with Gasteiger partial charge in [-0.2, -0.15) is 0 Å². The van der Waals surface area contributed by atoms with E-state index in [0.29, 0.717) is 35.0 Å². The minimum atomic E-state index is -0.427. The molecule has 0 aliphatic heterocycles. The fraction of sp³-hybridized carbons (Fsp3) is 0.125. The molecule has 30 heavy (non-hydrogen) atoms. The molecule has 150 valence electrons. The molecule has 6 heteroatoms. The molecular formula is C24H20N2O4. The van der Waals surface area contributed by atoms with E-state index in [4.69, 9.17) is 9.15 Å². The second-order valence-electron chi connectivity index (χ2n) is 6.76. The van der Waals surface area contributed by atoms with Gasteiger partial charge >= 0.3 is 5.63 Å². The van der Waals surface area contributed by atoms with Gasteiger partial charge in [0, 0.05) is 17.7 Å². The highest BCUT2D eigenvalue weighted by molar-refractivity contribution is 5.91. The van der Waals surface area contributed by atoms with Gasteiger partial charge in [0.2, 0.25) is 11.8 Å². The molecule has 0 saturated heterocycles. The Morgan fingerprint density at radius 3 is 2.53 bits per heavy atom. The summed E-state index contributed by atoms with van der Waals surface area (Å²) in [5.41, 5.74) is 2.46. The maximum Gasteiger partial charge on any atom is 0.347 e. The van der Waals surface area contributed by atoms with Gasteiger partial charge in [0.25, 0.3) is 0 Å². The summed E-state index contributed by atoms with van der Waals surface area (Å²) in [4.78, 5) is 28.9. The molecule has 0 spiro atoms. The number of rotatable bonds is 6. The molecule has 1 amide bonds. The first kappa shape index (κ1) is 19.4. The standard InChI is InChI=1S/C24H20N2O4/c1-29-21-9-5-2-6-16(21)12-15-22(27)25-18-13-10-17(11-14-18)23-26-20-8-4-3-7-19(20)24(28)30-23/h2-11,13-14H,12,15H2,1H3,(H,25,27). The zero-order valence-electron chi connectivity index (χ0n) is 16.4. The number of hydrogen-bond acceptors (Lipinski definition) is 5. The summed E-state index contributed by atoms with van der Waals surface area (Å²) in [6, 6.07) is 21.7. The van der Waals surface area contributed by atoms with E-state index in [1.807, 2.05) is 30.3 Å². The Balaban J connectivity index is 1.44. The molecule has 1 heterocycles. The Labute approximate surface area is 173 Å². The Bertz CT molecular complexity index is 1250. The van der Waals surface area contributed by atoms with Gasteiger partial charge < -0.3 is 14.5 Å². The van der Waals surface area contributed by atoms with E-state index >= 15 is 0 Å². The molecule has 1 aromatic heterocycles. The average Bonchev–Trinajstić information content (AvgIpc) is 2.78. The lowest BCUT2D eigenvalue weighted by Gasteiger charge is -2.09. The molecular weight excluding hydrogens is 380 g/mol. The minimum absolute atomic E-state index is 0.0935. The van der Waals surface area contributed by atoms with Gasteiger partial charge in [-0.05, 0) is 54.4 Å². The van der Waals surface area contributed by atoms with Crippen LogP contribution in [0.1, 0.15) is 12.0 Å². The number of fused-ring (bicyclic) bond motifs is 1. The van der Waals surface area contributed by atoms with Crippen molar-refractivity contribution in [3.63, 3.8) is 0 Å². The molecule has 0 aliphatic carbocycles. The maximum absolute atomic E-state index is 12.3. The Morgan fingerprint density at radius 2 is 1.73 bits per heavy atom. The number of carbonyl (C=O) groups is 1. The van der Waals surface area contributed by atoms with Crippen molar-refractivity contribution in [1.82, 2.24) is 4.98 Å². The molecule has 0 saturated carbocycles. The molecule has 4 rings (SSSR count). The fourth-order valence-corrected chi connectivity index (χ4v) is 3.22. The van der Waals surface area contributed by atoms with Crippen LogP contribution in [0, 0.1) is 0 Å². The third-order valence-corrected chi connectivity index (χ3v) is 4.76. The molecule has 0 aliphatic rings. The van der Waals surface area contributed by atoms with Gasteiger partial charge in [0.05, 0.1) is 18.0 Å². The van der Waals surface area contributed by atoms with E-state index in [-0.39, 0.29) is 11.8 Å². The number of carbonyl (C=O) groups excluding carboxylic acids is 1. The number of nitrogens with one attached hydrogen (secondary N) is 1. The first-order valence-corrected chi connectivity index (χ1v) is 9.56. The lowest BCUT2D eigenvalue weighted by molar-refractivity contribution is -0.116. The molecule has 1 N–H and O–H groups in total. The van der Waals surface area contributed by atoms with Crippen LogP contribution in [0.5, 0.6) is 5.75 Å². The number of aryl methyl sites for hydroxylation is 1. The molecule has 6 nitrogen and oxygen atoms in total. The number of benzene rings is 3. The topological polar surface area (TPSA) is 81.4 Å². The predicted octanol–water partition coefficient (Wildman–Crippen LogP) is 4.43. The van der Waals surface area contributed by atoms with Crippen LogP contribution < -0.4 is 15.7 Å². The van der Waals surface area contributed by atoms with Crippen LogP contribution in [-0.2, 0) is 11.2 Å². The van der Waals surface area contributed by atoms with Gasteiger partial charge in [-0.15, -0.1) is 0 Å². The normalized spacial score (nSPS) is 10.7. The van der Waals surface area contributed by atoms with Crippen LogP contribution in [-0.4, -0.2) is 18.0 Å². The van der Waals surface area contributed by atoms with Crippen LogP contribution in [0.25, 0.3) is 22.4 Å². The molecule has 0 bridgehead atoms. The highest BCUT2D eigenvalue weighted by Crippen LogP contribution is 2.22. The fourth-order valence-electron chi connectivity index (χ4n) is 3.22. The first-order valence-electron chi connectivity index (χ1n) is 9.56. The summed E-state index contributed by atoms with van der Waals surface area (Å²) in [6.45, 7) is 0. The molecule has 0 fully saturated rings. The van der Waals surface area contributed by atoms with Crippen LogP contribution in [0.4, 0.5) is 5.69 Å². The largest absolute Gasteiger partial charge is 0.496 e. The summed E-state index contributed by atoms with van der Waals surface area (Å²) in [5, 5.41) is 3.32. The minimum Gasteiger partial charge on any atom is -0.496 e. The summed E-state index contributed by atoms with van der Waals surface area (Å²) >= 11 is 0. The van der Waals surface area contributed by atoms with E-state index in [1.54, 1.807) is 49.6 Å². The number of amides is 1. The molecule has 0 radical (unpaired) electrons. The number of para-hydroxylation sites is 2. The highest BCUT2D eigenvalue weighted by Gasteiger charge is 2.10. The van der Waals surface area contributed by atoms with E-state index in [9.17, 15) is 9.59 Å². The van der Waals surface area contributed by atoms with Crippen molar-refractivity contribution < 1.29 is 13.9 Å². The summed E-state index contributed by atoms with van der Waals surface area (Å²) < 4.78 is 10.7. The molecule has 4 aromatic rings. The Hall–Kier alpha value is -3.93. The number of methoxy groups -OCH3 is 1. The van der Waals surface area contributed by atoms with Crippen LogP contribution in [0.3, 0.4) is 0 Å². The third kappa shape index (κ3) is 4.22. The number of aromatic nitrogens is 1. The molecule has 3 aromatic carbocycles. The number of anilines is 1. The Kier molecular flexibility index (Phi) is 5.57.